The molecule has 100 valence electrons. The van der Waals surface area contributed by atoms with Crippen LogP contribution in [0, 0.1) is 5.92 Å². The summed E-state index contributed by atoms with van der Waals surface area (Å²) in [4.78, 5) is 0. The lowest BCUT2D eigenvalue weighted by Gasteiger charge is -2.27. The monoisotopic (exact) mass is 248 g/mol. The summed E-state index contributed by atoms with van der Waals surface area (Å²) in [6.07, 6.45) is 0. The number of hydrogen-bond acceptors (Lipinski definition) is 3. The molecule has 1 heterocycles. The molecule has 1 aromatic carbocycles. The van der Waals surface area contributed by atoms with E-state index < -0.39 is 0 Å². The Hall–Kier alpha value is -1.06. The summed E-state index contributed by atoms with van der Waals surface area (Å²) in [6, 6.07) is 6.54. The highest BCUT2D eigenvalue weighted by molar-refractivity contribution is 5.38. The molecule has 0 radical (unpaired) electrons. The van der Waals surface area contributed by atoms with Crippen LogP contribution in [0.3, 0.4) is 0 Å². The minimum atomic E-state index is 0.543. The van der Waals surface area contributed by atoms with E-state index in [1.807, 2.05) is 0 Å². The van der Waals surface area contributed by atoms with Gasteiger partial charge in [-0.25, -0.2) is 0 Å². The van der Waals surface area contributed by atoms with Gasteiger partial charge in [-0.3, -0.25) is 0 Å². The quantitative estimate of drug-likeness (QED) is 0.809. The van der Waals surface area contributed by atoms with Gasteiger partial charge < -0.3 is 15.4 Å². The zero-order chi connectivity index (χ0) is 13.0. The highest BCUT2D eigenvalue weighted by Gasteiger charge is 2.15. The average Bonchev–Trinajstić information content (AvgIpc) is 2.32. The highest BCUT2D eigenvalue weighted by Crippen LogP contribution is 2.24. The van der Waals surface area contributed by atoms with E-state index in [0.29, 0.717) is 5.92 Å². The molecule has 0 unspecified atom stereocenters. The standard InChI is InChI=1S/C15H24N2O/c1-11(2)13-4-5-14(15(6-13)18-3)10-17-9-12-7-16-8-12/h4-6,11-12,16-17H,7-10H2,1-3H3. The third-order valence-electron chi connectivity index (χ3n) is 3.59. The van der Waals surface area contributed by atoms with E-state index in [1.54, 1.807) is 7.11 Å². The van der Waals surface area contributed by atoms with Gasteiger partial charge in [0, 0.05) is 31.7 Å². The molecule has 0 aromatic heterocycles. The van der Waals surface area contributed by atoms with Crippen molar-refractivity contribution in [1.29, 1.82) is 0 Å². The fourth-order valence-electron chi connectivity index (χ4n) is 2.17. The fraction of sp³-hybridized carbons (Fsp3) is 0.600. The Labute approximate surface area is 110 Å². The van der Waals surface area contributed by atoms with Gasteiger partial charge in [-0.2, -0.15) is 0 Å². The maximum Gasteiger partial charge on any atom is 0.123 e. The first-order valence-corrected chi connectivity index (χ1v) is 6.79. The number of hydrogen-bond donors (Lipinski definition) is 2. The van der Waals surface area contributed by atoms with Crippen LogP contribution in [0.2, 0.25) is 0 Å². The van der Waals surface area contributed by atoms with Gasteiger partial charge in [0.25, 0.3) is 0 Å². The zero-order valence-electron chi connectivity index (χ0n) is 11.6. The molecule has 0 bridgehead atoms. The topological polar surface area (TPSA) is 33.3 Å². The van der Waals surface area contributed by atoms with Crippen LogP contribution in [0.25, 0.3) is 0 Å². The third kappa shape index (κ3) is 3.24. The van der Waals surface area contributed by atoms with Gasteiger partial charge in [0.1, 0.15) is 5.75 Å². The summed E-state index contributed by atoms with van der Waals surface area (Å²) >= 11 is 0. The first-order valence-electron chi connectivity index (χ1n) is 6.79. The van der Waals surface area contributed by atoms with E-state index >= 15 is 0 Å². The lowest BCUT2D eigenvalue weighted by molar-refractivity contribution is 0.330. The molecule has 1 aliphatic heterocycles. The Bertz CT molecular complexity index is 386. The Morgan fingerprint density at radius 1 is 1.39 bits per heavy atom. The van der Waals surface area contributed by atoms with Crippen LogP contribution >= 0.6 is 0 Å². The zero-order valence-corrected chi connectivity index (χ0v) is 11.6. The molecule has 1 aliphatic rings. The predicted molar refractivity (Wildman–Crippen MR) is 75.1 cm³/mol. The Morgan fingerprint density at radius 2 is 2.17 bits per heavy atom. The first-order chi connectivity index (χ1) is 8.70. The van der Waals surface area contributed by atoms with Crippen molar-refractivity contribution in [3.8, 4) is 5.75 Å². The first kappa shape index (κ1) is 13.4. The summed E-state index contributed by atoms with van der Waals surface area (Å²) in [7, 11) is 1.75. The van der Waals surface area contributed by atoms with Gasteiger partial charge in [-0.1, -0.05) is 26.0 Å². The molecule has 18 heavy (non-hydrogen) atoms. The summed E-state index contributed by atoms with van der Waals surface area (Å²) in [5.41, 5.74) is 2.58. The number of nitrogens with one attached hydrogen (secondary N) is 2. The minimum Gasteiger partial charge on any atom is -0.496 e. The van der Waals surface area contributed by atoms with E-state index in [2.05, 4.69) is 42.7 Å². The molecule has 0 amide bonds. The van der Waals surface area contributed by atoms with E-state index in [-0.39, 0.29) is 0 Å². The van der Waals surface area contributed by atoms with Gasteiger partial charge in [0.2, 0.25) is 0 Å². The second-order valence-electron chi connectivity index (χ2n) is 5.38. The Kier molecular flexibility index (Phi) is 4.61. The van der Waals surface area contributed by atoms with Crippen LogP contribution in [0.4, 0.5) is 0 Å². The third-order valence-corrected chi connectivity index (χ3v) is 3.59. The molecule has 2 rings (SSSR count). The van der Waals surface area contributed by atoms with Crippen molar-refractivity contribution in [2.75, 3.05) is 26.7 Å². The van der Waals surface area contributed by atoms with Crippen molar-refractivity contribution in [3.05, 3.63) is 29.3 Å². The molecule has 0 atom stereocenters. The second-order valence-corrected chi connectivity index (χ2v) is 5.38. The van der Waals surface area contributed by atoms with Crippen molar-refractivity contribution in [2.45, 2.75) is 26.3 Å². The molecule has 2 N–H and O–H groups in total. The smallest absolute Gasteiger partial charge is 0.123 e. The van der Waals surface area contributed by atoms with Crippen molar-refractivity contribution in [1.82, 2.24) is 10.6 Å². The molecule has 1 fully saturated rings. The van der Waals surface area contributed by atoms with Crippen LogP contribution < -0.4 is 15.4 Å². The fourth-order valence-corrected chi connectivity index (χ4v) is 2.17. The Balaban J connectivity index is 1.93. The molecule has 1 aromatic rings. The van der Waals surface area contributed by atoms with Gasteiger partial charge in [-0.15, -0.1) is 0 Å². The van der Waals surface area contributed by atoms with Crippen LogP contribution in [-0.2, 0) is 6.54 Å². The summed E-state index contributed by atoms with van der Waals surface area (Å²) in [6.45, 7) is 8.68. The average molecular weight is 248 g/mol. The summed E-state index contributed by atoms with van der Waals surface area (Å²) < 4.78 is 5.48. The van der Waals surface area contributed by atoms with E-state index in [0.717, 1.165) is 37.8 Å². The van der Waals surface area contributed by atoms with Gasteiger partial charge in [0.15, 0.2) is 0 Å². The van der Waals surface area contributed by atoms with Crippen molar-refractivity contribution >= 4 is 0 Å². The Morgan fingerprint density at radius 3 is 2.72 bits per heavy atom. The number of benzene rings is 1. The molecule has 0 aliphatic carbocycles. The van der Waals surface area contributed by atoms with Crippen LogP contribution in [0.1, 0.15) is 30.9 Å². The normalized spacial score (nSPS) is 15.8. The largest absolute Gasteiger partial charge is 0.496 e. The van der Waals surface area contributed by atoms with Crippen molar-refractivity contribution in [3.63, 3.8) is 0 Å². The molecule has 0 saturated carbocycles. The second kappa shape index (κ2) is 6.21. The maximum atomic E-state index is 5.48. The SMILES string of the molecule is COc1cc(C(C)C)ccc1CNCC1CNC1. The molecular weight excluding hydrogens is 224 g/mol. The van der Waals surface area contributed by atoms with Crippen LogP contribution in [0.15, 0.2) is 18.2 Å². The lowest BCUT2D eigenvalue weighted by atomic mass is 10.0. The van der Waals surface area contributed by atoms with E-state index in [1.165, 1.54) is 11.1 Å². The number of ether oxygens (including phenoxy) is 1. The molecule has 3 heteroatoms. The molecular formula is C15H24N2O. The number of methoxy groups -OCH3 is 1. The van der Waals surface area contributed by atoms with Gasteiger partial charge in [0.05, 0.1) is 7.11 Å². The van der Waals surface area contributed by atoms with Gasteiger partial charge >= 0.3 is 0 Å². The molecule has 0 spiro atoms. The van der Waals surface area contributed by atoms with E-state index in [4.69, 9.17) is 4.74 Å². The lowest BCUT2D eigenvalue weighted by Crippen LogP contribution is -2.47. The van der Waals surface area contributed by atoms with Crippen molar-refractivity contribution in [2.24, 2.45) is 5.92 Å². The summed E-state index contributed by atoms with van der Waals surface area (Å²) in [5, 5.41) is 6.79. The highest BCUT2D eigenvalue weighted by atomic mass is 16.5. The van der Waals surface area contributed by atoms with Crippen molar-refractivity contribution < 1.29 is 4.74 Å². The van der Waals surface area contributed by atoms with Gasteiger partial charge in [-0.05, 0) is 23.5 Å². The number of rotatable bonds is 6. The molecule has 3 nitrogen and oxygen atoms in total. The maximum absolute atomic E-state index is 5.48. The minimum absolute atomic E-state index is 0.543. The predicted octanol–water partition coefficient (Wildman–Crippen LogP) is 2.13. The molecule has 1 saturated heterocycles. The van der Waals surface area contributed by atoms with Crippen LogP contribution in [-0.4, -0.2) is 26.7 Å². The van der Waals surface area contributed by atoms with Crippen LogP contribution in [0.5, 0.6) is 5.75 Å². The summed E-state index contributed by atoms with van der Waals surface area (Å²) in [5.74, 6) is 2.34. The van der Waals surface area contributed by atoms with E-state index in [9.17, 15) is 0 Å².